The van der Waals surface area contributed by atoms with Crippen LogP contribution in [0.2, 0.25) is 0 Å². The van der Waals surface area contributed by atoms with Crippen LogP contribution in [0.5, 0.6) is 5.75 Å². The number of benzene rings is 3. The van der Waals surface area contributed by atoms with Gasteiger partial charge in [-0.15, -0.1) is 0 Å². The minimum absolute atomic E-state index is 0.127. The van der Waals surface area contributed by atoms with E-state index in [1.165, 1.54) is 11.1 Å². The van der Waals surface area contributed by atoms with E-state index in [0.717, 1.165) is 74.5 Å². The van der Waals surface area contributed by atoms with Crippen LogP contribution in [-0.2, 0) is 23.1 Å². The van der Waals surface area contributed by atoms with Gasteiger partial charge in [-0.2, -0.15) is 0 Å². The molecule has 3 aromatic carbocycles. The first-order chi connectivity index (χ1) is 16.2. The number of ether oxygens (including phenoxy) is 1. The number of hydrogen-bond donors (Lipinski definition) is 1. The largest absolute Gasteiger partial charge is 0.493 e. The Kier molecular flexibility index (Phi) is 5.18. The highest BCUT2D eigenvalue weighted by atomic mass is 16.5. The smallest absolute Gasteiger partial charge is 0.239 e. The number of nitrogens with one attached hydrogen (secondary N) is 1. The fraction of sp³-hybridized carbons (Fsp3) is 0.345. The van der Waals surface area contributed by atoms with Crippen LogP contribution in [0.1, 0.15) is 35.1 Å². The summed E-state index contributed by atoms with van der Waals surface area (Å²) in [6.45, 7) is 3.88. The lowest BCUT2D eigenvalue weighted by Gasteiger charge is -2.34. The van der Waals surface area contributed by atoms with Gasteiger partial charge in [0.25, 0.3) is 0 Å². The molecule has 0 aliphatic carbocycles. The molecule has 168 valence electrons. The highest BCUT2D eigenvalue weighted by Gasteiger charge is 2.54. The molecular weight excluding hydrogens is 408 g/mol. The van der Waals surface area contributed by atoms with E-state index in [4.69, 9.17) is 4.74 Å². The molecule has 3 aliphatic rings. The molecule has 4 heteroatoms. The Hall–Kier alpha value is -3.11. The van der Waals surface area contributed by atoms with E-state index in [9.17, 15) is 4.79 Å². The molecular formula is C29H30N2O2. The molecule has 0 radical (unpaired) electrons. The van der Waals surface area contributed by atoms with E-state index in [1.54, 1.807) is 0 Å². The fourth-order valence-electron chi connectivity index (χ4n) is 6.20. The molecule has 1 saturated heterocycles. The van der Waals surface area contributed by atoms with Crippen molar-refractivity contribution in [3.8, 4) is 5.75 Å². The first kappa shape index (κ1) is 20.5. The maximum atomic E-state index is 13.6. The number of carbonyl (C=O) groups is 1. The summed E-state index contributed by atoms with van der Waals surface area (Å²) in [6, 6.07) is 25.3. The summed E-state index contributed by atoms with van der Waals surface area (Å²) in [4.78, 5) is 16.2. The van der Waals surface area contributed by atoms with Crippen molar-refractivity contribution in [3.63, 3.8) is 0 Å². The van der Waals surface area contributed by atoms with Gasteiger partial charge in [-0.25, -0.2) is 0 Å². The first-order valence-corrected chi connectivity index (χ1v) is 12.2. The van der Waals surface area contributed by atoms with Gasteiger partial charge in [0.1, 0.15) is 11.2 Å². The van der Waals surface area contributed by atoms with Crippen molar-refractivity contribution in [1.29, 1.82) is 0 Å². The lowest BCUT2D eigenvalue weighted by Crippen LogP contribution is -2.44. The van der Waals surface area contributed by atoms with Crippen molar-refractivity contribution in [2.75, 3.05) is 31.6 Å². The predicted octanol–water partition coefficient (Wildman–Crippen LogP) is 4.81. The van der Waals surface area contributed by atoms with E-state index in [1.807, 2.05) is 18.2 Å². The average molecular weight is 439 g/mol. The highest BCUT2D eigenvalue weighted by molar-refractivity contribution is 6.09. The minimum atomic E-state index is -0.605. The van der Waals surface area contributed by atoms with Crippen LogP contribution in [0.4, 0.5) is 5.69 Å². The maximum Gasteiger partial charge on any atom is 0.239 e. The molecule has 1 N–H and O–H groups in total. The zero-order valence-corrected chi connectivity index (χ0v) is 18.9. The number of aryl methyl sites for hydroxylation is 1. The number of hydrogen-bond acceptors (Lipinski definition) is 3. The molecule has 0 spiro atoms. The Morgan fingerprint density at radius 2 is 1.88 bits per heavy atom. The van der Waals surface area contributed by atoms with E-state index < -0.39 is 5.41 Å². The number of rotatable bonds is 6. The van der Waals surface area contributed by atoms with E-state index >= 15 is 0 Å². The van der Waals surface area contributed by atoms with Crippen molar-refractivity contribution in [2.24, 2.45) is 5.92 Å². The van der Waals surface area contributed by atoms with E-state index in [2.05, 4.69) is 64.8 Å². The molecule has 33 heavy (non-hydrogen) atoms. The number of anilines is 1. The van der Waals surface area contributed by atoms with Gasteiger partial charge >= 0.3 is 0 Å². The summed E-state index contributed by atoms with van der Waals surface area (Å²) >= 11 is 0. The first-order valence-electron chi connectivity index (χ1n) is 12.2. The normalized spacial score (nSPS) is 23.8. The van der Waals surface area contributed by atoms with Gasteiger partial charge in [0.15, 0.2) is 0 Å². The molecule has 0 bridgehead atoms. The van der Waals surface area contributed by atoms with E-state index in [-0.39, 0.29) is 11.8 Å². The Morgan fingerprint density at radius 3 is 2.79 bits per heavy atom. The zero-order valence-electron chi connectivity index (χ0n) is 18.9. The molecule has 4 nitrogen and oxygen atoms in total. The number of nitrogens with zero attached hydrogens (tertiary/aromatic N) is 1. The van der Waals surface area contributed by atoms with Gasteiger partial charge in [-0.1, -0.05) is 60.7 Å². The van der Waals surface area contributed by atoms with Crippen molar-refractivity contribution in [2.45, 2.75) is 31.1 Å². The van der Waals surface area contributed by atoms with Crippen molar-refractivity contribution < 1.29 is 9.53 Å². The topological polar surface area (TPSA) is 41.6 Å². The third kappa shape index (κ3) is 3.44. The molecule has 3 aromatic rings. The van der Waals surface area contributed by atoms with Crippen molar-refractivity contribution in [3.05, 3.63) is 95.1 Å². The fourth-order valence-corrected chi connectivity index (χ4v) is 6.20. The second-order valence-electron chi connectivity index (χ2n) is 9.60. The maximum absolute atomic E-state index is 13.6. The molecule has 1 unspecified atom stereocenters. The molecule has 1 fully saturated rings. The molecule has 0 aromatic heterocycles. The number of carbonyl (C=O) groups excluding carboxylic acids is 1. The van der Waals surface area contributed by atoms with Gasteiger partial charge in [0.2, 0.25) is 5.91 Å². The summed E-state index contributed by atoms with van der Waals surface area (Å²) in [5.41, 5.74) is 5.36. The van der Waals surface area contributed by atoms with Crippen LogP contribution in [-0.4, -0.2) is 37.0 Å². The Balaban J connectivity index is 1.19. The summed E-state index contributed by atoms with van der Waals surface area (Å²) in [5, 5.41) is 3.20. The van der Waals surface area contributed by atoms with Gasteiger partial charge in [0, 0.05) is 18.7 Å². The second-order valence-corrected chi connectivity index (χ2v) is 9.60. The minimum Gasteiger partial charge on any atom is -0.493 e. The Morgan fingerprint density at radius 1 is 1.03 bits per heavy atom. The van der Waals surface area contributed by atoms with Crippen molar-refractivity contribution in [1.82, 2.24) is 4.90 Å². The molecule has 1 amide bonds. The summed E-state index contributed by atoms with van der Waals surface area (Å²) in [5.74, 6) is 1.45. The van der Waals surface area contributed by atoms with Crippen LogP contribution in [0, 0.1) is 5.92 Å². The summed E-state index contributed by atoms with van der Waals surface area (Å²) in [6.07, 6.45) is 4.28. The summed E-state index contributed by atoms with van der Waals surface area (Å²) < 4.78 is 5.64. The SMILES string of the molecule is O=C1Nc2ccccc2C1(c1ccccc1)[C@@H]1CCN(CCCc2ccc3c(c2)CCO3)C1. The van der Waals surface area contributed by atoms with Gasteiger partial charge in [0.05, 0.1) is 6.61 Å². The molecule has 6 rings (SSSR count). The van der Waals surface area contributed by atoms with Gasteiger partial charge in [-0.3, -0.25) is 4.79 Å². The third-order valence-electron chi connectivity index (χ3n) is 7.77. The van der Waals surface area contributed by atoms with Crippen LogP contribution in [0.25, 0.3) is 0 Å². The quantitative estimate of drug-likeness (QED) is 0.600. The van der Waals surface area contributed by atoms with Crippen LogP contribution in [0.15, 0.2) is 72.8 Å². The Labute approximate surface area is 195 Å². The third-order valence-corrected chi connectivity index (χ3v) is 7.77. The number of amides is 1. The van der Waals surface area contributed by atoms with Crippen LogP contribution in [0.3, 0.4) is 0 Å². The lowest BCUT2D eigenvalue weighted by molar-refractivity contribution is -0.121. The predicted molar refractivity (Wildman–Crippen MR) is 131 cm³/mol. The van der Waals surface area contributed by atoms with Crippen LogP contribution >= 0.6 is 0 Å². The average Bonchev–Trinajstić information content (AvgIpc) is 3.57. The summed E-state index contributed by atoms with van der Waals surface area (Å²) in [7, 11) is 0. The van der Waals surface area contributed by atoms with Crippen molar-refractivity contribution >= 4 is 11.6 Å². The van der Waals surface area contributed by atoms with E-state index in [0.29, 0.717) is 0 Å². The molecule has 3 heterocycles. The standard InChI is InChI=1S/C29H30N2O2/c32-28-29(23-8-2-1-3-9-23,25-10-4-5-11-26(25)30-28)24-14-17-31(20-24)16-6-7-21-12-13-27-22(19-21)15-18-33-27/h1-5,8-13,19,24H,6-7,14-18,20H2,(H,30,32)/t24-,29?/m1/s1. The lowest BCUT2D eigenvalue weighted by atomic mass is 9.66. The second kappa shape index (κ2) is 8.35. The van der Waals surface area contributed by atoms with Gasteiger partial charge in [-0.05, 0) is 72.7 Å². The number of fused-ring (bicyclic) bond motifs is 2. The molecule has 3 aliphatic heterocycles. The molecule has 2 atom stereocenters. The van der Waals surface area contributed by atoms with Crippen LogP contribution < -0.4 is 10.1 Å². The monoisotopic (exact) mass is 438 g/mol. The zero-order chi connectivity index (χ0) is 22.3. The highest BCUT2D eigenvalue weighted by Crippen LogP contribution is 2.50. The Bertz CT molecular complexity index is 1180. The molecule has 0 saturated carbocycles. The number of para-hydroxylation sites is 1. The van der Waals surface area contributed by atoms with Gasteiger partial charge < -0.3 is 15.0 Å². The number of likely N-dealkylation sites (tertiary alicyclic amines) is 1.